The molecule has 1 atom stereocenters. The molecule has 2 aromatic rings. The van der Waals surface area contributed by atoms with Gasteiger partial charge < -0.3 is 9.64 Å². The van der Waals surface area contributed by atoms with E-state index in [0.29, 0.717) is 19.1 Å². The summed E-state index contributed by atoms with van der Waals surface area (Å²) in [5.41, 5.74) is 4.40. The van der Waals surface area contributed by atoms with E-state index in [4.69, 9.17) is 4.74 Å². The summed E-state index contributed by atoms with van der Waals surface area (Å²) >= 11 is 1.94. The second-order valence-electron chi connectivity index (χ2n) is 10.3. The molecule has 0 saturated carbocycles. The lowest BCUT2D eigenvalue weighted by atomic mass is 9.95. The van der Waals surface area contributed by atoms with Crippen molar-refractivity contribution in [1.82, 2.24) is 9.80 Å². The Morgan fingerprint density at radius 1 is 0.944 bits per heavy atom. The molecule has 2 heterocycles. The smallest absolute Gasteiger partial charge is 0.305 e. The molecule has 4 nitrogen and oxygen atoms in total. The third-order valence-corrected chi connectivity index (χ3v) is 8.87. The first kappa shape index (κ1) is 27.2. The third-order valence-electron chi connectivity index (χ3n) is 7.66. The van der Waals surface area contributed by atoms with Gasteiger partial charge in [-0.05, 0) is 54.5 Å². The molecule has 2 aliphatic heterocycles. The SMILES string of the molecule is CCCCCCCC(=O)OCCCN1CCN(C2Cc3ccccc3Sc3ccc(CC)cc32)CC1. The van der Waals surface area contributed by atoms with Crippen LogP contribution in [0.2, 0.25) is 0 Å². The van der Waals surface area contributed by atoms with Gasteiger partial charge in [0, 0.05) is 55.0 Å². The summed E-state index contributed by atoms with van der Waals surface area (Å²) in [4.78, 5) is 20.0. The van der Waals surface area contributed by atoms with Crippen LogP contribution in [0.15, 0.2) is 52.3 Å². The molecule has 0 radical (unpaired) electrons. The predicted molar refractivity (Wildman–Crippen MR) is 150 cm³/mol. The number of nitrogens with zero attached hydrogens (tertiary/aromatic N) is 2. The van der Waals surface area contributed by atoms with Gasteiger partial charge in [0.1, 0.15) is 0 Å². The molecule has 1 saturated heterocycles. The van der Waals surface area contributed by atoms with E-state index in [1.54, 1.807) is 0 Å². The average Bonchev–Trinajstić information content (AvgIpc) is 3.07. The first-order valence-corrected chi connectivity index (χ1v) is 15.0. The predicted octanol–water partition coefficient (Wildman–Crippen LogP) is 6.91. The Balaban J connectivity index is 1.26. The van der Waals surface area contributed by atoms with Crippen LogP contribution in [0.3, 0.4) is 0 Å². The van der Waals surface area contributed by atoms with E-state index in [9.17, 15) is 4.79 Å². The fraction of sp³-hybridized carbons (Fsp3) is 0.581. The number of hydrogen-bond acceptors (Lipinski definition) is 5. The Morgan fingerprint density at radius 2 is 1.75 bits per heavy atom. The Labute approximate surface area is 222 Å². The second-order valence-corrected chi connectivity index (χ2v) is 11.4. The molecule has 0 N–H and O–H groups in total. The molecular weight excluding hydrogens is 464 g/mol. The highest BCUT2D eigenvalue weighted by molar-refractivity contribution is 7.99. The molecule has 2 aliphatic rings. The monoisotopic (exact) mass is 508 g/mol. The molecule has 5 heteroatoms. The van der Waals surface area contributed by atoms with Crippen molar-refractivity contribution in [1.29, 1.82) is 0 Å². The Hall–Kier alpha value is -1.82. The lowest BCUT2D eigenvalue weighted by Crippen LogP contribution is -2.48. The van der Waals surface area contributed by atoms with Crippen LogP contribution in [0.1, 0.15) is 81.5 Å². The number of fused-ring (bicyclic) bond motifs is 2. The van der Waals surface area contributed by atoms with Crippen molar-refractivity contribution in [2.45, 2.75) is 87.5 Å². The molecule has 0 aliphatic carbocycles. The van der Waals surface area contributed by atoms with Crippen molar-refractivity contribution < 1.29 is 9.53 Å². The molecule has 4 rings (SSSR count). The van der Waals surface area contributed by atoms with Gasteiger partial charge in [0.15, 0.2) is 0 Å². The van der Waals surface area contributed by atoms with Crippen LogP contribution in [0.25, 0.3) is 0 Å². The van der Waals surface area contributed by atoms with E-state index in [-0.39, 0.29) is 5.97 Å². The summed E-state index contributed by atoms with van der Waals surface area (Å²) in [5.74, 6) is -0.0204. The molecule has 196 valence electrons. The first-order chi connectivity index (χ1) is 17.7. The van der Waals surface area contributed by atoms with E-state index in [1.165, 1.54) is 45.7 Å². The topological polar surface area (TPSA) is 32.8 Å². The standard InChI is InChI=1S/C31H44N2O2S/c1-3-5-6-7-8-14-31(34)35-22-11-17-32-18-20-33(21-19-32)28-24-26-12-9-10-13-29(26)36-30-16-15-25(4-2)23-27(28)30/h9-10,12-13,15-16,23,28H,3-8,11,14,17-22,24H2,1-2H3. The van der Waals surface area contributed by atoms with Crippen LogP contribution in [0.4, 0.5) is 0 Å². The van der Waals surface area contributed by atoms with Crippen LogP contribution in [0.5, 0.6) is 0 Å². The lowest BCUT2D eigenvalue weighted by molar-refractivity contribution is -0.144. The molecule has 0 bridgehead atoms. The number of benzene rings is 2. The van der Waals surface area contributed by atoms with E-state index < -0.39 is 0 Å². The highest BCUT2D eigenvalue weighted by Crippen LogP contribution is 2.43. The molecule has 2 aromatic carbocycles. The third kappa shape index (κ3) is 7.60. The van der Waals surface area contributed by atoms with Gasteiger partial charge in [-0.3, -0.25) is 9.69 Å². The van der Waals surface area contributed by atoms with Gasteiger partial charge in [-0.1, -0.05) is 81.6 Å². The molecule has 1 fully saturated rings. The summed E-state index contributed by atoms with van der Waals surface area (Å²) in [6, 6.07) is 16.5. The quantitative estimate of drug-likeness (QED) is 0.230. The van der Waals surface area contributed by atoms with Crippen molar-refractivity contribution in [3.8, 4) is 0 Å². The number of hydrogen-bond donors (Lipinski definition) is 0. The number of carbonyl (C=O) groups excluding carboxylic acids is 1. The largest absolute Gasteiger partial charge is 0.466 e. The first-order valence-electron chi connectivity index (χ1n) is 14.2. The maximum Gasteiger partial charge on any atom is 0.305 e. The molecule has 0 aromatic heterocycles. The van der Waals surface area contributed by atoms with Crippen molar-refractivity contribution in [3.05, 3.63) is 59.2 Å². The lowest BCUT2D eigenvalue weighted by Gasteiger charge is -2.39. The zero-order chi connectivity index (χ0) is 25.2. The van der Waals surface area contributed by atoms with Crippen molar-refractivity contribution in [2.24, 2.45) is 0 Å². The van der Waals surface area contributed by atoms with Crippen LogP contribution in [0, 0.1) is 0 Å². The molecule has 36 heavy (non-hydrogen) atoms. The minimum Gasteiger partial charge on any atom is -0.466 e. The summed E-state index contributed by atoms with van der Waals surface area (Å²) in [6.45, 7) is 10.4. The summed E-state index contributed by atoms with van der Waals surface area (Å²) in [6.07, 6.45) is 9.50. The molecular formula is C31H44N2O2S. The van der Waals surface area contributed by atoms with Gasteiger partial charge in [-0.2, -0.15) is 0 Å². The number of esters is 1. The fourth-order valence-corrected chi connectivity index (χ4v) is 6.54. The van der Waals surface area contributed by atoms with Crippen molar-refractivity contribution >= 4 is 17.7 Å². The van der Waals surface area contributed by atoms with Gasteiger partial charge in [-0.25, -0.2) is 0 Å². The number of unbranched alkanes of at least 4 members (excludes halogenated alkanes) is 4. The number of aryl methyl sites for hydroxylation is 1. The number of piperazine rings is 1. The van der Waals surface area contributed by atoms with Gasteiger partial charge in [0.25, 0.3) is 0 Å². The second kappa shape index (κ2) is 14.2. The van der Waals surface area contributed by atoms with Gasteiger partial charge in [0.05, 0.1) is 6.61 Å². The average molecular weight is 509 g/mol. The maximum atomic E-state index is 12.0. The van der Waals surface area contributed by atoms with Crippen LogP contribution in [-0.2, 0) is 22.4 Å². The van der Waals surface area contributed by atoms with E-state index in [0.717, 1.165) is 64.8 Å². The normalized spacial score (nSPS) is 18.3. The zero-order valence-electron chi connectivity index (χ0n) is 22.3. The Bertz CT molecular complexity index is 971. The fourth-order valence-electron chi connectivity index (χ4n) is 5.42. The van der Waals surface area contributed by atoms with Crippen LogP contribution in [-0.4, -0.2) is 55.1 Å². The van der Waals surface area contributed by atoms with Crippen LogP contribution < -0.4 is 0 Å². The summed E-state index contributed by atoms with van der Waals surface area (Å²) < 4.78 is 5.49. The molecule has 0 amide bonds. The minimum absolute atomic E-state index is 0.0204. The highest BCUT2D eigenvalue weighted by atomic mass is 32.2. The zero-order valence-corrected chi connectivity index (χ0v) is 23.2. The van der Waals surface area contributed by atoms with Gasteiger partial charge in [0.2, 0.25) is 0 Å². The van der Waals surface area contributed by atoms with E-state index >= 15 is 0 Å². The van der Waals surface area contributed by atoms with E-state index in [2.05, 4.69) is 66.1 Å². The number of carbonyl (C=O) groups is 1. The Morgan fingerprint density at radius 3 is 2.56 bits per heavy atom. The van der Waals surface area contributed by atoms with Gasteiger partial charge >= 0.3 is 5.97 Å². The van der Waals surface area contributed by atoms with E-state index in [1.807, 2.05) is 11.8 Å². The summed E-state index contributed by atoms with van der Waals surface area (Å²) in [7, 11) is 0. The minimum atomic E-state index is -0.0204. The van der Waals surface area contributed by atoms with Crippen LogP contribution >= 0.6 is 11.8 Å². The van der Waals surface area contributed by atoms with Crippen molar-refractivity contribution in [3.63, 3.8) is 0 Å². The maximum absolute atomic E-state index is 12.0. The molecule has 1 unspecified atom stereocenters. The highest BCUT2D eigenvalue weighted by Gasteiger charge is 2.30. The van der Waals surface area contributed by atoms with Crippen molar-refractivity contribution in [2.75, 3.05) is 39.3 Å². The van der Waals surface area contributed by atoms with Gasteiger partial charge in [-0.15, -0.1) is 0 Å². The number of ether oxygens (including phenoxy) is 1. The summed E-state index contributed by atoms with van der Waals surface area (Å²) in [5, 5.41) is 0. The Kier molecular flexibility index (Phi) is 10.7. The molecule has 0 spiro atoms. The number of rotatable bonds is 12.